The molecular weight excluding hydrogens is 228 g/mol. The minimum Gasteiger partial charge on any atom is -0.299 e. The van der Waals surface area contributed by atoms with Crippen LogP contribution in [0.25, 0.3) is 6.08 Å². The van der Waals surface area contributed by atoms with Gasteiger partial charge in [0.15, 0.2) is 0 Å². The van der Waals surface area contributed by atoms with E-state index in [1.54, 1.807) is 17.8 Å². The molecule has 0 saturated heterocycles. The predicted octanol–water partition coefficient (Wildman–Crippen LogP) is 4.05. The number of allylic oxidation sites excluding steroid dienone is 1. The summed E-state index contributed by atoms with van der Waals surface area (Å²) in [6, 6.07) is 5.77. The Kier molecular flexibility index (Phi) is 4.92. The Hall–Kier alpha value is -0.730. The molecule has 0 fully saturated rings. The van der Waals surface area contributed by atoms with Crippen molar-refractivity contribution in [2.24, 2.45) is 0 Å². The van der Waals surface area contributed by atoms with Crippen molar-refractivity contribution >= 4 is 35.7 Å². The average Bonchev–Trinajstić information content (AvgIpc) is 2.16. The summed E-state index contributed by atoms with van der Waals surface area (Å²) in [6.45, 7) is 4.25. The van der Waals surface area contributed by atoms with E-state index in [2.05, 4.69) is 13.8 Å². The highest BCUT2D eigenvalue weighted by Crippen LogP contribution is 2.31. The first-order chi connectivity index (χ1) is 7.15. The lowest BCUT2D eigenvalue weighted by Crippen LogP contribution is -1.89. The van der Waals surface area contributed by atoms with Crippen LogP contribution in [0, 0.1) is 0 Å². The number of aldehydes is 1. The van der Waals surface area contributed by atoms with Crippen LogP contribution in [0.3, 0.4) is 0 Å². The summed E-state index contributed by atoms with van der Waals surface area (Å²) in [4.78, 5) is 11.4. The molecule has 80 valence electrons. The highest BCUT2D eigenvalue weighted by molar-refractivity contribution is 8.00. The summed E-state index contributed by atoms with van der Waals surface area (Å²) in [6.07, 6.45) is 3.97. The molecule has 0 aliphatic heterocycles. The van der Waals surface area contributed by atoms with Crippen LogP contribution in [0.1, 0.15) is 19.4 Å². The molecule has 0 amide bonds. The molecule has 1 aromatic carbocycles. The molecule has 1 nitrogen and oxygen atoms in total. The quantitative estimate of drug-likeness (QED) is 0.449. The third kappa shape index (κ3) is 3.73. The van der Waals surface area contributed by atoms with E-state index in [0.717, 1.165) is 16.7 Å². The maximum atomic E-state index is 10.3. The summed E-state index contributed by atoms with van der Waals surface area (Å²) in [5, 5.41) is 1.17. The third-order valence-electron chi connectivity index (χ3n) is 1.72. The van der Waals surface area contributed by atoms with Crippen LogP contribution in [-0.4, -0.2) is 11.5 Å². The lowest BCUT2D eigenvalue weighted by molar-refractivity contribution is -0.104. The molecule has 1 rings (SSSR count). The standard InChI is InChI=1S/C12H13ClOS/c1-9(2)15-12-7-3-6-11(13)10(12)5-4-8-14/h3-9H,1-2H3/b5-4+. The van der Waals surface area contributed by atoms with Crippen molar-refractivity contribution in [2.75, 3.05) is 0 Å². The summed E-state index contributed by atoms with van der Waals surface area (Å²) in [5.74, 6) is 0. The summed E-state index contributed by atoms with van der Waals surface area (Å²) >= 11 is 7.81. The van der Waals surface area contributed by atoms with Crippen molar-refractivity contribution in [1.29, 1.82) is 0 Å². The lowest BCUT2D eigenvalue weighted by atomic mass is 10.2. The molecule has 1 aromatic rings. The van der Waals surface area contributed by atoms with E-state index in [9.17, 15) is 4.79 Å². The zero-order valence-corrected chi connectivity index (χ0v) is 10.3. The molecule has 0 bridgehead atoms. The smallest absolute Gasteiger partial charge is 0.142 e. The molecule has 0 unspecified atom stereocenters. The van der Waals surface area contributed by atoms with Crippen LogP contribution >= 0.6 is 23.4 Å². The Morgan fingerprint density at radius 2 is 2.13 bits per heavy atom. The second kappa shape index (κ2) is 5.99. The maximum absolute atomic E-state index is 10.3. The van der Waals surface area contributed by atoms with Gasteiger partial charge in [-0.05, 0) is 24.3 Å². The van der Waals surface area contributed by atoms with Gasteiger partial charge in [-0.2, -0.15) is 0 Å². The van der Waals surface area contributed by atoms with Crippen LogP contribution in [0.5, 0.6) is 0 Å². The van der Waals surface area contributed by atoms with Crippen molar-refractivity contribution < 1.29 is 4.79 Å². The number of hydrogen-bond donors (Lipinski definition) is 0. The van der Waals surface area contributed by atoms with E-state index in [1.165, 1.54) is 6.08 Å². The molecule has 0 heterocycles. The van der Waals surface area contributed by atoms with Gasteiger partial charge in [-0.1, -0.05) is 31.5 Å². The molecule has 15 heavy (non-hydrogen) atoms. The van der Waals surface area contributed by atoms with Gasteiger partial charge in [0.1, 0.15) is 6.29 Å². The van der Waals surface area contributed by atoms with Gasteiger partial charge < -0.3 is 0 Å². The van der Waals surface area contributed by atoms with Gasteiger partial charge in [-0.15, -0.1) is 11.8 Å². The lowest BCUT2D eigenvalue weighted by Gasteiger charge is -2.09. The second-order valence-corrected chi connectivity index (χ2v) is 5.34. The average molecular weight is 241 g/mol. The fraction of sp³-hybridized carbons (Fsp3) is 0.250. The minimum absolute atomic E-state index is 0.492. The normalized spacial score (nSPS) is 11.2. The number of carbonyl (C=O) groups is 1. The minimum atomic E-state index is 0.492. The zero-order valence-electron chi connectivity index (χ0n) is 8.74. The van der Waals surface area contributed by atoms with Gasteiger partial charge in [0.25, 0.3) is 0 Å². The van der Waals surface area contributed by atoms with E-state index in [4.69, 9.17) is 11.6 Å². The van der Waals surface area contributed by atoms with E-state index in [0.29, 0.717) is 10.3 Å². The first-order valence-corrected chi connectivity index (χ1v) is 5.98. The Morgan fingerprint density at radius 3 is 2.73 bits per heavy atom. The molecule has 0 N–H and O–H groups in total. The molecule has 0 aromatic heterocycles. The van der Waals surface area contributed by atoms with Crippen LogP contribution in [0.4, 0.5) is 0 Å². The van der Waals surface area contributed by atoms with Crippen LogP contribution in [0.15, 0.2) is 29.2 Å². The molecular formula is C12H13ClOS. The van der Waals surface area contributed by atoms with Gasteiger partial charge in [0.05, 0.1) is 0 Å². The van der Waals surface area contributed by atoms with Gasteiger partial charge in [0, 0.05) is 20.7 Å². The summed E-state index contributed by atoms with van der Waals surface area (Å²) in [7, 11) is 0. The molecule has 0 radical (unpaired) electrons. The predicted molar refractivity (Wildman–Crippen MR) is 67.5 cm³/mol. The highest BCUT2D eigenvalue weighted by atomic mass is 35.5. The Morgan fingerprint density at radius 1 is 1.40 bits per heavy atom. The maximum Gasteiger partial charge on any atom is 0.142 e. The Bertz CT molecular complexity index is 372. The number of hydrogen-bond acceptors (Lipinski definition) is 2. The van der Waals surface area contributed by atoms with Crippen LogP contribution in [-0.2, 0) is 4.79 Å². The van der Waals surface area contributed by atoms with Crippen molar-refractivity contribution in [3.05, 3.63) is 34.9 Å². The van der Waals surface area contributed by atoms with E-state index < -0.39 is 0 Å². The number of carbonyl (C=O) groups excluding carboxylic acids is 1. The van der Waals surface area contributed by atoms with Crippen molar-refractivity contribution in [3.63, 3.8) is 0 Å². The summed E-state index contributed by atoms with van der Waals surface area (Å²) in [5.41, 5.74) is 0.921. The molecule has 0 aliphatic rings. The summed E-state index contributed by atoms with van der Waals surface area (Å²) < 4.78 is 0. The molecule has 0 atom stereocenters. The van der Waals surface area contributed by atoms with Gasteiger partial charge in [0.2, 0.25) is 0 Å². The van der Waals surface area contributed by atoms with Gasteiger partial charge in [-0.3, -0.25) is 4.79 Å². The van der Waals surface area contributed by atoms with E-state index in [-0.39, 0.29) is 0 Å². The van der Waals surface area contributed by atoms with Gasteiger partial charge in [-0.25, -0.2) is 0 Å². The largest absolute Gasteiger partial charge is 0.299 e. The number of rotatable bonds is 4. The zero-order chi connectivity index (χ0) is 11.3. The SMILES string of the molecule is CC(C)Sc1cccc(Cl)c1/C=C/C=O. The molecule has 3 heteroatoms. The fourth-order valence-electron chi connectivity index (χ4n) is 1.17. The Labute approximate surface area is 99.5 Å². The van der Waals surface area contributed by atoms with Crippen LogP contribution in [0.2, 0.25) is 5.02 Å². The first-order valence-electron chi connectivity index (χ1n) is 4.72. The number of benzene rings is 1. The highest BCUT2D eigenvalue weighted by Gasteiger charge is 2.06. The van der Waals surface area contributed by atoms with E-state index in [1.807, 2.05) is 18.2 Å². The van der Waals surface area contributed by atoms with Crippen LogP contribution < -0.4 is 0 Å². The molecule has 0 spiro atoms. The Balaban J connectivity index is 3.08. The number of thioether (sulfide) groups is 1. The number of halogens is 1. The fourth-order valence-corrected chi connectivity index (χ4v) is 2.43. The monoisotopic (exact) mass is 240 g/mol. The van der Waals surface area contributed by atoms with Gasteiger partial charge >= 0.3 is 0 Å². The topological polar surface area (TPSA) is 17.1 Å². The first kappa shape index (κ1) is 12.3. The third-order valence-corrected chi connectivity index (χ3v) is 3.13. The molecule has 0 saturated carbocycles. The molecule has 0 aliphatic carbocycles. The van der Waals surface area contributed by atoms with Crippen molar-refractivity contribution in [2.45, 2.75) is 24.0 Å². The van der Waals surface area contributed by atoms with Crippen molar-refractivity contribution in [1.82, 2.24) is 0 Å². The van der Waals surface area contributed by atoms with E-state index >= 15 is 0 Å². The second-order valence-electron chi connectivity index (χ2n) is 3.31. The van der Waals surface area contributed by atoms with Crippen molar-refractivity contribution in [3.8, 4) is 0 Å².